The second-order valence-corrected chi connectivity index (χ2v) is 6.89. The third-order valence-electron chi connectivity index (χ3n) is 3.34. The van der Waals surface area contributed by atoms with E-state index in [1.165, 1.54) is 37.6 Å². The summed E-state index contributed by atoms with van der Waals surface area (Å²) in [7, 11) is -2.12. The molecular weight excluding hydrogens is 332 g/mol. The number of rotatable bonds is 8. The third kappa shape index (κ3) is 4.67. The summed E-state index contributed by atoms with van der Waals surface area (Å²) >= 11 is 0. The zero-order chi connectivity index (χ0) is 17.6. The number of nitrogens with one attached hydrogen (secondary N) is 2. The highest BCUT2D eigenvalue weighted by molar-refractivity contribution is 7.89. The molecule has 0 aliphatic rings. The molecule has 1 aromatic heterocycles. The topological polar surface area (TPSA) is 97.6 Å². The minimum Gasteiger partial charge on any atom is -0.467 e. The van der Waals surface area contributed by atoms with E-state index in [0.29, 0.717) is 11.3 Å². The first-order valence-electron chi connectivity index (χ1n) is 7.37. The molecule has 1 aromatic carbocycles. The lowest BCUT2D eigenvalue weighted by molar-refractivity contribution is 0.0935. The number of hydrogen-bond acceptors (Lipinski definition) is 5. The van der Waals surface area contributed by atoms with Crippen molar-refractivity contribution in [1.82, 2.24) is 10.0 Å². The van der Waals surface area contributed by atoms with Crippen molar-refractivity contribution in [2.75, 3.05) is 20.3 Å². The van der Waals surface area contributed by atoms with Crippen LogP contribution in [-0.2, 0) is 14.8 Å². The summed E-state index contributed by atoms with van der Waals surface area (Å²) < 4.78 is 36.5. The van der Waals surface area contributed by atoms with Crippen LogP contribution in [0.1, 0.15) is 29.1 Å². The van der Waals surface area contributed by atoms with E-state index in [4.69, 9.17) is 9.15 Å². The number of amides is 1. The Bertz CT molecular complexity index is 754. The third-order valence-corrected chi connectivity index (χ3v) is 4.82. The summed E-state index contributed by atoms with van der Waals surface area (Å²) in [4.78, 5) is 12.3. The van der Waals surface area contributed by atoms with E-state index in [-0.39, 0.29) is 30.0 Å². The highest BCUT2D eigenvalue weighted by Gasteiger charge is 2.16. The van der Waals surface area contributed by atoms with Crippen molar-refractivity contribution in [3.63, 3.8) is 0 Å². The fourth-order valence-electron chi connectivity index (χ4n) is 2.04. The van der Waals surface area contributed by atoms with Crippen molar-refractivity contribution in [3.8, 4) is 0 Å². The van der Waals surface area contributed by atoms with Gasteiger partial charge in [-0.25, -0.2) is 13.1 Å². The van der Waals surface area contributed by atoms with Gasteiger partial charge in [0.1, 0.15) is 5.76 Å². The van der Waals surface area contributed by atoms with E-state index in [2.05, 4.69) is 10.0 Å². The number of carbonyl (C=O) groups is 1. The fourth-order valence-corrected chi connectivity index (χ4v) is 3.05. The van der Waals surface area contributed by atoms with Crippen LogP contribution in [0.25, 0.3) is 0 Å². The predicted molar refractivity (Wildman–Crippen MR) is 88.1 cm³/mol. The van der Waals surface area contributed by atoms with Crippen molar-refractivity contribution in [1.29, 1.82) is 0 Å². The summed E-state index contributed by atoms with van der Waals surface area (Å²) in [5.74, 6) is 0.333. The fraction of sp³-hybridized carbons (Fsp3) is 0.312. The van der Waals surface area contributed by atoms with Crippen molar-refractivity contribution in [3.05, 3.63) is 54.0 Å². The van der Waals surface area contributed by atoms with Crippen molar-refractivity contribution < 1.29 is 22.4 Å². The second-order valence-electron chi connectivity index (χ2n) is 5.13. The van der Waals surface area contributed by atoms with Gasteiger partial charge in [-0.2, -0.15) is 0 Å². The maximum Gasteiger partial charge on any atom is 0.251 e. The lowest BCUT2D eigenvalue weighted by Gasteiger charge is -2.12. The number of hydrogen-bond donors (Lipinski definition) is 2. The minimum absolute atomic E-state index is 0.0919. The smallest absolute Gasteiger partial charge is 0.251 e. The Hall–Kier alpha value is -2.16. The van der Waals surface area contributed by atoms with E-state index >= 15 is 0 Å². The molecule has 0 saturated carbocycles. The minimum atomic E-state index is -3.61. The molecule has 0 radical (unpaired) electrons. The molecule has 0 aliphatic carbocycles. The van der Waals surface area contributed by atoms with Gasteiger partial charge in [0.05, 0.1) is 23.8 Å². The van der Waals surface area contributed by atoms with Gasteiger partial charge in [-0.1, -0.05) is 0 Å². The van der Waals surface area contributed by atoms with Gasteiger partial charge in [-0.05, 0) is 43.3 Å². The number of benzene rings is 1. The normalized spacial score (nSPS) is 12.8. The van der Waals surface area contributed by atoms with Gasteiger partial charge >= 0.3 is 0 Å². The molecule has 1 atom stereocenters. The van der Waals surface area contributed by atoms with Crippen LogP contribution in [0.2, 0.25) is 0 Å². The molecule has 2 N–H and O–H groups in total. The average molecular weight is 352 g/mol. The number of sulfonamides is 1. The molecular formula is C16H20N2O5S. The van der Waals surface area contributed by atoms with Crippen LogP contribution in [-0.4, -0.2) is 34.6 Å². The molecule has 0 spiro atoms. The summed E-state index contributed by atoms with van der Waals surface area (Å²) in [5, 5.41) is 2.78. The Morgan fingerprint density at radius 3 is 2.54 bits per heavy atom. The highest BCUT2D eigenvalue weighted by atomic mass is 32.2. The molecule has 2 aromatic rings. The van der Waals surface area contributed by atoms with Crippen molar-refractivity contribution >= 4 is 15.9 Å². The SMILES string of the molecule is COCCNS(=O)(=O)c1ccc(C(=O)N[C@H](C)c2ccco2)cc1. The molecule has 0 fully saturated rings. The molecule has 0 bridgehead atoms. The highest BCUT2D eigenvalue weighted by Crippen LogP contribution is 2.15. The Labute approximate surface area is 141 Å². The lowest BCUT2D eigenvalue weighted by atomic mass is 10.2. The van der Waals surface area contributed by atoms with E-state index in [9.17, 15) is 13.2 Å². The number of methoxy groups -OCH3 is 1. The Morgan fingerprint density at radius 1 is 1.25 bits per heavy atom. The van der Waals surface area contributed by atoms with Crippen LogP contribution >= 0.6 is 0 Å². The molecule has 1 amide bonds. The largest absolute Gasteiger partial charge is 0.467 e. The first-order valence-corrected chi connectivity index (χ1v) is 8.85. The van der Waals surface area contributed by atoms with Gasteiger partial charge in [0.2, 0.25) is 10.0 Å². The van der Waals surface area contributed by atoms with Gasteiger partial charge in [0.15, 0.2) is 0 Å². The summed E-state index contributed by atoms with van der Waals surface area (Å²) in [6, 6.07) is 8.94. The van der Waals surface area contributed by atoms with Crippen LogP contribution in [0.3, 0.4) is 0 Å². The van der Waals surface area contributed by atoms with Gasteiger partial charge < -0.3 is 14.5 Å². The molecule has 0 unspecified atom stereocenters. The monoisotopic (exact) mass is 352 g/mol. The number of ether oxygens (including phenoxy) is 1. The van der Waals surface area contributed by atoms with Crippen molar-refractivity contribution in [2.24, 2.45) is 0 Å². The number of carbonyl (C=O) groups excluding carboxylic acids is 1. The summed E-state index contributed by atoms with van der Waals surface area (Å²) in [6.07, 6.45) is 1.54. The molecule has 2 rings (SSSR count). The van der Waals surface area contributed by atoms with Gasteiger partial charge in [-0.3, -0.25) is 4.79 Å². The molecule has 0 aliphatic heterocycles. The summed E-state index contributed by atoms with van der Waals surface area (Å²) in [6.45, 7) is 2.27. The van der Waals surface area contributed by atoms with Crippen LogP contribution in [0.5, 0.6) is 0 Å². The standard InChI is InChI=1S/C16H20N2O5S/c1-12(15-4-3-10-23-15)18-16(19)13-5-7-14(8-6-13)24(20,21)17-9-11-22-2/h3-8,10,12,17H,9,11H2,1-2H3,(H,18,19)/t12-/m1/s1. The van der Waals surface area contributed by atoms with E-state index < -0.39 is 10.0 Å². The van der Waals surface area contributed by atoms with Gasteiger partial charge in [-0.15, -0.1) is 0 Å². The molecule has 7 nitrogen and oxygen atoms in total. The molecule has 8 heteroatoms. The first-order chi connectivity index (χ1) is 11.4. The van der Waals surface area contributed by atoms with Crippen LogP contribution < -0.4 is 10.0 Å². The molecule has 130 valence electrons. The second kappa shape index (κ2) is 8.09. The zero-order valence-corrected chi connectivity index (χ0v) is 14.3. The average Bonchev–Trinajstić information content (AvgIpc) is 3.09. The van der Waals surface area contributed by atoms with E-state index in [1.54, 1.807) is 19.1 Å². The first kappa shape index (κ1) is 18.2. The Balaban J connectivity index is 2.02. The summed E-state index contributed by atoms with van der Waals surface area (Å²) in [5.41, 5.74) is 0.365. The zero-order valence-electron chi connectivity index (χ0n) is 13.5. The maximum absolute atomic E-state index is 12.2. The lowest BCUT2D eigenvalue weighted by Crippen LogP contribution is -2.28. The molecule has 24 heavy (non-hydrogen) atoms. The van der Waals surface area contributed by atoms with Crippen LogP contribution in [0, 0.1) is 0 Å². The van der Waals surface area contributed by atoms with E-state index in [1.807, 2.05) is 0 Å². The molecule has 1 heterocycles. The maximum atomic E-state index is 12.2. The van der Waals surface area contributed by atoms with E-state index in [0.717, 1.165) is 0 Å². The van der Waals surface area contributed by atoms with Gasteiger partial charge in [0, 0.05) is 19.2 Å². The Morgan fingerprint density at radius 2 is 1.96 bits per heavy atom. The number of furan rings is 1. The predicted octanol–water partition coefficient (Wildman–Crippen LogP) is 1.70. The molecule has 0 saturated heterocycles. The van der Waals surface area contributed by atoms with Crippen molar-refractivity contribution in [2.45, 2.75) is 17.9 Å². The van der Waals surface area contributed by atoms with Gasteiger partial charge in [0.25, 0.3) is 5.91 Å². The van der Waals surface area contributed by atoms with Crippen LogP contribution in [0.15, 0.2) is 52.0 Å². The Kier molecular flexibility index (Phi) is 6.13. The quantitative estimate of drug-likeness (QED) is 0.705. The van der Waals surface area contributed by atoms with Crippen LogP contribution in [0.4, 0.5) is 0 Å².